The molecule has 6 nitrogen and oxygen atoms in total. The monoisotopic (exact) mass is 490 g/mol. The summed E-state index contributed by atoms with van der Waals surface area (Å²) in [5, 5.41) is 41.6. The van der Waals surface area contributed by atoms with Crippen molar-refractivity contribution in [3.8, 4) is 34.3 Å². The van der Waals surface area contributed by atoms with Crippen molar-refractivity contribution in [3.63, 3.8) is 0 Å². The van der Waals surface area contributed by atoms with Crippen molar-refractivity contribution in [3.05, 3.63) is 80.6 Å². The summed E-state index contributed by atoms with van der Waals surface area (Å²) in [6.07, 6.45) is 8.25. The number of benzene rings is 2. The smallest absolute Gasteiger partial charge is 0.200 e. The molecule has 2 aromatic carbocycles. The number of fused-ring (bicyclic) bond motifs is 1. The minimum absolute atomic E-state index is 0.0161. The Morgan fingerprint density at radius 2 is 1.47 bits per heavy atom. The molecule has 190 valence electrons. The molecule has 0 spiro atoms. The Hall–Kier alpha value is -3.93. The second-order valence-electron chi connectivity index (χ2n) is 9.60. The Morgan fingerprint density at radius 1 is 0.806 bits per heavy atom. The third-order valence-corrected chi connectivity index (χ3v) is 6.01. The summed E-state index contributed by atoms with van der Waals surface area (Å²) in [5.74, 6) is -0.816. The maximum absolute atomic E-state index is 13.7. The van der Waals surface area contributed by atoms with E-state index in [1.54, 1.807) is 0 Å². The highest BCUT2D eigenvalue weighted by Crippen LogP contribution is 2.40. The molecule has 0 aliphatic rings. The summed E-state index contributed by atoms with van der Waals surface area (Å²) in [4.78, 5) is 13.7. The van der Waals surface area contributed by atoms with Gasteiger partial charge in [-0.15, -0.1) is 0 Å². The molecule has 3 rings (SSSR count). The average molecular weight is 491 g/mol. The molecule has 6 heteroatoms. The summed E-state index contributed by atoms with van der Waals surface area (Å²) < 4.78 is 6.22. The fourth-order valence-electron chi connectivity index (χ4n) is 4.01. The molecular formula is C30H34O6. The van der Waals surface area contributed by atoms with Crippen molar-refractivity contribution in [1.82, 2.24) is 0 Å². The van der Waals surface area contributed by atoms with Gasteiger partial charge in [-0.25, -0.2) is 0 Å². The number of aromatic hydroxyl groups is 4. The molecule has 1 heterocycles. The lowest BCUT2D eigenvalue weighted by molar-refractivity contribution is 0.447. The van der Waals surface area contributed by atoms with Crippen molar-refractivity contribution in [2.24, 2.45) is 0 Å². The van der Waals surface area contributed by atoms with Crippen LogP contribution in [0.1, 0.15) is 58.6 Å². The van der Waals surface area contributed by atoms with Crippen LogP contribution in [0.5, 0.6) is 23.0 Å². The quantitative estimate of drug-likeness (QED) is 0.252. The minimum atomic E-state index is -0.445. The summed E-state index contributed by atoms with van der Waals surface area (Å²) >= 11 is 0. The van der Waals surface area contributed by atoms with Gasteiger partial charge in [0.25, 0.3) is 0 Å². The van der Waals surface area contributed by atoms with Gasteiger partial charge in [0.05, 0.1) is 5.56 Å². The standard InChI is InChI=1S/C30H34O6/c1-17(2)7-6-8-19(5)10-13-22-25(33)16-26(34)27-28(35)23(12-9-18(3)4)29(36-30(22)27)21-14-11-20(31)15-24(21)32/h7,9-11,14-16,31-34H,6,8,12-13H2,1-5H3/b19-10+. The number of hydrogen-bond donors (Lipinski definition) is 4. The molecule has 36 heavy (non-hydrogen) atoms. The summed E-state index contributed by atoms with van der Waals surface area (Å²) in [6.45, 7) is 9.92. The number of phenolic OH excluding ortho intramolecular Hbond substituents is 4. The zero-order valence-corrected chi connectivity index (χ0v) is 21.5. The maximum Gasteiger partial charge on any atom is 0.200 e. The highest BCUT2D eigenvalue weighted by molar-refractivity contribution is 5.90. The van der Waals surface area contributed by atoms with Gasteiger partial charge in [-0.2, -0.15) is 0 Å². The average Bonchev–Trinajstić information content (AvgIpc) is 2.77. The molecule has 0 radical (unpaired) electrons. The van der Waals surface area contributed by atoms with Gasteiger partial charge in [-0.05, 0) is 72.4 Å². The number of allylic oxidation sites excluding steroid dienone is 6. The Kier molecular flexibility index (Phi) is 8.30. The normalized spacial score (nSPS) is 11.5. The predicted octanol–water partition coefficient (Wildman–Crippen LogP) is 7.03. The van der Waals surface area contributed by atoms with Crippen LogP contribution < -0.4 is 5.43 Å². The van der Waals surface area contributed by atoms with Crippen LogP contribution in [0.2, 0.25) is 0 Å². The third-order valence-electron chi connectivity index (χ3n) is 6.01. The first-order chi connectivity index (χ1) is 17.0. The zero-order chi connectivity index (χ0) is 26.6. The highest BCUT2D eigenvalue weighted by Gasteiger charge is 2.23. The first-order valence-electron chi connectivity index (χ1n) is 12.0. The van der Waals surface area contributed by atoms with Gasteiger partial charge in [0, 0.05) is 23.3 Å². The SMILES string of the molecule is CC(C)=CCC/C(C)=C/Cc1c(O)cc(O)c2c(=O)c(CC=C(C)C)c(-c3ccc(O)cc3O)oc12. The Morgan fingerprint density at radius 3 is 2.11 bits per heavy atom. The van der Waals surface area contributed by atoms with Crippen molar-refractivity contribution >= 4 is 11.0 Å². The van der Waals surface area contributed by atoms with Gasteiger partial charge in [-0.1, -0.05) is 34.9 Å². The van der Waals surface area contributed by atoms with E-state index in [1.807, 2.05) is 32.9 Å². The van der Waals surface area contributed by atoms with E-state index in [-0.39, 0.29) is 57.3 Å². The maximum atomic E-state index is 13.7. The molecule has 0 bridgehead atoms. The molecule has 4 N–H and O–H groups in total. The van der Waals surface area contributed by atoms with Crippen LogP contribution in [-0.4, -0.2) is 20.4 Å². The van der Waals surface area contributed by atoms with Crippen LogP contribution in [0.25, 0.3) is 22.3 Å². The Bertz CT molecular complexity index is 1430. The summed E-state index contributed by atoms with van der Waals surface area (Å²) in [5.41, 5.74) is 3.83. The highest BCUT2D eigenvalue weighted by atomic mass is 16.3. The van der Waals surface area contributed by atoms with Gasteiger partial charge in [0.2, 0.25) is 5.43 Å². The number of rotatable bonds is 8. The van der Waals surface area contributed by atoms with Crippen molar-refractivity contribution < 1.29 is 24.8 Å². The van der Waals surface area contributed by atoms with E-state index in [1.165, 1.54) is 29.8 Å². The van der Waals surface area contributed by atoms with E-state index in [0.717, 1.165) is 24.0 Å². The fraction of sp³-hybridized carbons (Fsp3) is 0.300. The van der Waals surface area contributed by atoms with Crippen LogP contribution in [0.4, 0.5) is 0 Å². The van der Waals surface area contributed by atoms with Crippen molar-refractivity contribution in [2.75, 3.05) is 0 Å². The molecule has 0 aliphatic carbocycles. The Balaban J connectivity index is 2.26. The molecule has 0 unspecified atom stereocenters. The molecule has 1 aromatic heterocycles. The van der Waals surface area contributed by atoms with Gasteiger partial charge in [-0.3, -0.25) is 4.79 Å². The number of hydrogen-bond acceptors (Lipinski definition) is 6. The van der Waals surface area contributed by atoms with Gasteiger partial charge in [0.15, 0.2) is 0 Å². The van der Waals surface area contributed by atoms with Crippen LogP contribution in [0.15, 0.2) is 68.4 Å². The van der Waals surface area contributed by atoms with E-state index in [4.69, 9.17) is 4.42 Å². The first-order valence-corrected chi connectivity index (χ1v) is 12.0. The lowest BCUT2D eigenvalue weighted by Gasteiger charge is -2.14. The fourth-order valence-corrected chi connectivity index (χ4v) is 4.01. The van der Waals surface area contributed by atoms with Crippen LogP contribution in [-0.2, 0) is 12.8 Å². The molecule has 0 aliphatic heterocycles. The second-order valence-corrected chi connectivity index (χ2v) is 9.60. The minimum Gasteiger partial charge on any atom is -0.508 e. The molecule has 0 saturated heterocycles. The Labute approximate surface area is 211 Å². The van der Waals surface area contributed by atoms with Crippen LogP contribution in [0, 0.1) is 0 Å². The van der Waals surface area contributed by atoms with Gasteiger partial charge < -0.3 is 24.8 Å². The summed E-state index contributed by atoms with van der Waals surface area (Å²) in [6, 6.07) is 5.20. The van der Waals surface area contributed by atoms with E-state index in [0.29, 0.717) is 12.0 Å². The molecule has 3 aromatic rings. The number of phenols is 4. The van der Waals surface area contributed by atoms with Crippen molar-refractivity contribution in [1.29, 1.82) is 0 Å². The van der Waals surface area contributed by atoms with Gasteiger partial charge >= 0.3 is 0 Å². The largest absolute Gasteiger partial charge is 0.508 e. The lowest BCUT2D eigenvalue weighted by atomic mass is 9.97. The van der Waals surface area contributed by atoms with Crippen molar-refractivity contribution in [2.45, 2.75) is 60.3 Å². The third kappa shape index (κ3) is 6.00. The lowest BCUT2D eigenvalue weighted by Crippen LogP contribution is -2.12. The predicted molar refractivity (Wildman–Crippen MR) is 144 cm³/mol. The second kappa shape index (κ2) is 11.2. The topological polar surface area (TPSA) is 111 Å². The summed E-state index contributed by atoms with van der Waals surface area (Å²) in [7, 11) is 0. The molecule has 0 saturated carbocycles. The van der Waals surface area contributed by atoms with E-state index >= 15 is 0 Å². The zero-order valence-electron chi connectivity index (χ0n) is 21.5. The van der Waals surface area contributed by atoms with E-state index < -0.39 is 5.43 Å². The first kappa shape index (κ1) is 26.7. The van der Waals surface area contributed by atoms with Crippen LogP contribution in [0.3, 0.4) is 0 Å². The van der Waals surface area contributed by atoms with Crippen LogP contribution >= 0.6 is 0 Å². The molecular weight excluding hydrogens is 456 g/mol. The van der Waals surface area contributed by atoms with E-state index in [9.17, 15) is 25.2 Å². The van der Waals surface area contributed by atoms with E-state index in [2.05, 4.69) is 19.9 Å². The van der Waals surface area contributed by atoms with Gasteiger partial charge in [0.1, 0.15) is 39.7 Å². The molecule has 0 amide bonds. The molecule has 0 atom stereocenters. The molecule has 0 fully saturated rings.